The van der Waals surface area contributed by atoms with Crippen LogP contribution in [0.1, 0.15) is 17.3 Å². The molecule has 0 aliphatic carbocycles. The highest BCUT2D eigenvalue weighted by Crippen LogP contribution is 2.33. The van der Waals surface area contributed by atoms with Crippen molar-refractivity contribution >= 4 is 40.7 Å². The summed E-state index contributed by atoms with van der Waals surface area (Å²) in [7, 11) is 1.84. The summed E-state index contributed by atoms with van der Waals surface area (Å²) in [5.41, 5.74) is 6.63. The van der Waals surface area contributed by atoms with Crippen molar-refractivity contribution in [3.8, 4) is 0 Å². The first-order chi connectivity index (χ1) is 8.38. The van der Waals surface area contributed by atoms with E-state index in [1.54, 1.807) is 17.8 Å². The SMILES string of the molecule is CSCC(C)N(C)c1c(Cl)cc(N)cc1C(=O)O. The van der Waals surface area contributed by atoms with Crippen LogP contribution in [-0.2, 0) is 0 Å². The molecule has 0 heterocycles. The average molecular weight is 289 g/mol. The maximum absolute atomic E-state index is 11.3. The van der Waals surface area contributed by atoms with Gasteiger partial charge in [0.25, 0.3) is 0 Å². The van der Waals surface area contributed by atoms with Gasteiger partial charge in [0.05, 0.1) is 16.3 Å². The lowest BCUT2D eigenvalue weighted by Gasteiger charge is -2.28. The van der Waals surface area contributed by atoms with Crippen LogP contribution in [0.25, 0.3) is 0 Å². The summed E-state index contributed by atoms with van der Waals surface area (Å²) in [4.78, 5) is 13.1. The van der Waals surface area contributed by atoms with Gasteiger partial charge in [-0.25, -0.2) is 4.79 Å². The minimum absolute atomic E-state index is 0.135. The van der Waals surface area contributed by atoms with E-state index in [4.69, 9.17) is 17.3 Å². The number of nitrogens with two attached hydrogens (primary N) is 1. The molecule has 0 saturated heterocycles. The van der Waals surface area contributed by atoms with Gasteiger partial charge in [-0.15, -0.1) is 0 Å². The molecular formula is C12H17ClN2O2S. The van der Waals surface area contributed by atoms with Gasteiger partial charge in [-0.05, 0) is 25.3 Å². The lowest BCUT2D eigenvalue weighted by Crippen LogP contribution is -2.32. The fraction of sp³-hybridized carbons (Fsp3) is 0.417. The van der Waals surface area contributed by atoms with Crippen molar-refractivity contribution in [1.29, 1.82) is 0 Å². The first kappa shape index (κ1) is 15.0. The molecule has 0 fully saturated rings. The Kier molecular flexibility index (Phi) is 5.16. The highest BCUT2D eigenvalue weighted by molar-refractivity contribution is 7.98. The molecule has 1 atom stereocenters. The molecule has 1 unspecified atom stereocenters. The van der Waals surface area contributed by atoms with Crippen molar-refractivity contribution in [3.05, 3.63) is 22.7 Å². The van der Waals surface area contributed by atoms with Crippen LogP contribution in [-0.4, -0.2) is 36.2 Å². The zero-order chi connectivity index (χ0) is 13.9. The third kappa shape index (κ3) is 3.23. The summed E-state index contributed by atoms with van der Waals surface area (Å²) in [6.07, 6.45) is 2.01. The van der Waals surface area contributed by atoms with Crippen molar-refractivity contribution in [2.75, 3.05) is 29.7 Å². The topological polar surface area (TPSA) is 66.6 Å². The average Bonchev–Trinajstić information content (AvgIpc) is 2.27. The molecule has 0 aliphatic rings. The maximum atomic E-state index is 11.3. The van der Waals surface area contributed by atoms with E-state index in [9.17, 15) is 9.90 Å². The number of carboxylic acids is 1. The minimum atomic E-state index is -1.03. The van der Waals surface area contributed by atoms with Crippen molar-refractivity contribution < 1.29 is 9.90 Å². The van der Waals surface area contributed by atoms with E-state index in [1.807, 2.05) is 25.1 Å². The third-order valence-electron chi connectivity index (χ3n) is 2.74. The number of carbonyl (C=O) groups is 1. The quantitative estimate of drug-likeness (QED) is 0.816. The lowest BCUT2D eigenvalue weighted by atomic mass is 10.1. The van der Waals surface area contributed by atoms with Crippen molar-refractivity contribution in [2.45, 2.75) is 13.0 Å². The number of anilines is 2. The zero-order valence-electron chi connectivity index (χ0n) is 10.6. The second kappa shape index (κ2) is 6.20. The van der Waals surface area contributed by atoms with Gasteiger partial charge in [0.15, 0.2) is 0 Å². The highest BCUT2D eigenvalue weighted by Gasteiger charge is 2.21. The van der Waals surface area contributed by atoms with Crippen LogP contribution in [0.4, 0.5) is 11.4 Å². The zero-order valence-corrected chi connectivity index (χ0v) is 12.2. The molecule has 6 heteroatoms. The van der Waals surface area contributed by atoms with Gasteiger partial charge in [0, 0.05) is 24.5 Å². The maximum Gasteiger partial charge on any atom is 0.337 e. The Morgan fingerprint density at radius 3 is 2.72 bits per heavy atom. The van der Waals surface area contributed by atoms with Crippen LogP contribution in [0.2, 0.25) is 5.02 Å². The Labute approximate surface area is 116 Å². The number of hydrogen-bond acceptors (Lipinski definition) is 4. The molecule has 1 aromatic rings. The highest BCUT2D eigenvalue weighted by atomic mass is 35.5. The van der Waals surface area contributed by atoms with E-state index in [0.717, 1.165) is 5.75 Å². The number of nitrogen functional groups attached to an aromatic ring is 1. The molecule has 0 aliphatic heterocycles. The van der Waals surface area contributed by atoms with Crippen LogP contribution >= 0.6 is 23.4 Å². The molecule has 0 spiro atoms. The van der Waals surface area contributed by atoms with E-state index >= 15 is 0 Å². The monoisotopic (exact) mass is 288 g/mol. The van der Waals surface area contributed by atoms with E-state index in [0.29, 0.717) is 16.4 Å². The fourth-order valence-electron chi connectivity index (χ4n) is 1.71. The summed E-state index contributed by atoms with van der Waals surface area (Å²) in [6.45, 7) is 2.02. The van der Waals surface area contributed by atoms with E-state index in [-0.39, 0.29) is 11.6 Å². The summed E-state index contributed by atoms with van der Waals surface area (Å²) in [5.74, 6) is -0.140. The van der Waals surface area contributed by atoms with Gasteiger partial charge in [-0.2, -0.15) is 11.8 Å². The Balaban J connectivity index is 3.25. The Morgan fingerprint density at radius 2 is 2.22 bits per heavy atom. The molecule has 4 nitrogen and oxygen atoms in total. The minimum Gasteiger partial charge on any atom is -0.478 e. The predicted octanol–water partition coefficient (Wildman–Crippen LogP) is 2.81. The molecule has 100 valence electrons. The Bertz CT molecular complexity index is 454. The lowest BCUT2D eigenvalue weighted by molar-refractivity contribution is 0.0697. The third-order valence-corrected chi connectivity index (χ3v) is 3.84. The molecule has 1 aromatic carbocycles. The Hall–Kier alpha value is -1.07. The van der Waals surface area contributed by atoms with Gasteiger partial charge >= 0.3 is 5.97 Å². The first-order valence-electron chi connectivity index (χ1n) is 5.42. The van der Waals surface area contributed by atoms with Gasteiger partial charge in [0.2, 0.25) is 0 Å². The van der Waals surface area contributed by atoms with Crippen LogP contribution in [0.3, 0.4) is 0 Å². The number of nitrogens with zero attached hydrogens (tertiary/aromatic N) is 1. The molecule has 0 bridgehead atoms. The normalized spacial score (nSPS) is 12.2. The number of rotatable bonds is 5. The molecule has 0 saturated carbocycles. The van der Waals surface area contributed by atoms with Crippen LogP contribution in [0, 0.1) is 0 Å². The summed E-state index contributed by atoms with van der Waals surface area (Å²) in [5, 5.41) is 9.59. The number of aromatic carboxylic acids is 1. The predicted molar refractivity (Wildman–Crippen MR) is 79.1 cm³/mol. The van der Waals surface area contributed by atoms with E-state index < -0.39 is 5.97 Å². The number of thioether (sulfide) groups is 1. The van der Waals surface area contributed by atoms with E-state index in [2.05, 4.69) is 0 Å². The number of hydrogen-bond donors (Lipinski definition) is 2. The summed E-state index contributed by atoms with van der Waals surface area (Å²) < 4.78 is 0. The van der Waals surface area contributed by atoms with Gasteiger partial charge < -0.3 is 15.7 Å². The second-order valence-corrected chi connectivity index (χ2v) is 5.44. The molecule has 18 heavy (non-hydrogen) atoms. The molecule has 0 aromatic heterocycles. The second-order valence-electron chi connectivity index (χ2n) is 4.12. The summed E-state index contributed by atoms with van der Waals surface area (Å²) in [6, 6.07) is 3.19. The molecule has 0 radical (unpaired) electrons. The van der Waals surface area contributed by atoms with Gasteiger partial charge in [-0.3, -0.25) is 0 Å². The van der Waals surface area contributed by atoms with Crippen molar-refractivity contribution in [3.63, 3.8) is 0 Å². The molecule has 0 amide bonds. The van der Waals surface area contributed by atoms with Crippen LogP contribution < -0.4 is 10.6 Å². The van der Waals surface area contributed by atoms with Crippen LogP contribution in [0.5, 0.6) is 0 Å². The largest absolute Gasteiger partial charge is 0.478 e. The number of benzene rings is 1. The number of carboxylic acid groups (broad SMARTS) is 1. The van der Waals surface area contributed by atoms with Gasteiger partial charge in [-0.1, -0.05) is 11.6 Å². The summed E-state index contributed by atoms with van der Waals surface area (Å²) >= 11 is 7.83. The molecule has 3 N–H and O–H groups in total. The molecule has 1 rings (SSSR count). The fourth-order valence-corrected chi connectivity index (χ4v) is 2.78. The number of halogens is 1. The standard InChI is InChI=1S/C12H17ClN2O2S/c1-7(6-18-3)15(2)11-9(12(16)17)4-8(14)5-10(11)13/h4-5,7H,6,14H2,1-3H3,(H,16,17). The first-order valence-corrected chi connectivity index (χ1v) is 7.19. The van der Waals surface area contributed by atoms with Gasteiger partial charge in [0.1, 0.15) is 0 Å². The Morgan fingerprint density at radius 1 is 1.61 bits per heavy atom. The van der Waals surface area contributed by atoms with Crippen molar-refractivity contribution in [1.82, 2.24) is 0 Å². The van der Waals surface area contributed by atoms with E-state index in [1.165, 1.54) is 6.07 Å². The smallest absolute Gasteiger partial charge is 0.337 e. The van der Waals surface area contributed by atoms with Crippen molar-refractivity contribution in [2.24, 2.45) is 0 Å². The molecular weight excluding hydrogens is 272 g/mol. The van der Waals surface area contributed by atoms with Crippen LogP contribution in [0.15, 0.2) is 12.1 Å².